The summed E-state index contributed by atoms with van der Waals surface area (Å²) in [6, 6.07) is 1.65. The summed E-state index contributed by atoms with van der Waals surface area (Å²) in [5.41, 5.74) is 7.11. The highest BCUT2D eigenvalue weighted by Crippen LogP contribution is 2.35. The van der Waals surface area contributed by atoms with E-state index < -0.39 is 5.92 Å². The van der Waals surface area contributed by atoms with Crippen LogP contribution in [0.3, 0.4) is 0 Å². The Morgan fingerprint density at radius 2 is 2.12 bits per heavy atom. The first kappa shape index (κ1) is 11.0. The van der Waals surface area contributed by atoms with Gasteiger partial charge in [0.05, 0.1) is 0 Å². The number of aryl methyl sites for hydroxylation is 1. The Kier molecular flexibility index (Phi) is 2.61. The third-order valence-electron chi connectivity index (χ3n) is 2.57. The highest BCUT2D eigenvalue weighted by molar-refractivity contribution is 5.62. The normalized spacial score (nSPS) is 19.3. The van der Waals surface area contributed by atoms with Crippen LogP contribution in [0.5, 0.6) is 0 Å². The molecule has 1 aromatic rings. The molecule has 0 aliphatic heterocycles. The first-order chi connectivity index (χ1) is 7.46. The average molecular weight is 225 g/mol. The van der Waals surface area contributed by atoms with Gasteiger partial charge in [-0.3, -0.25) is 0 Å². The van der Waals surface area contributed by atoms with Crippen LogP contribution in [0, 0.1) is 6.92 Å². The molecule has 0 spiro atoms. The number of nitrogen functional groups attached to an aromatic ring is 1. The van der Waals surface area contributed by atoms with Gasteiger partial charge in [0, 0.05) is 24.6 Å². The third-order valence-corrected chi connectivity index (χ3v) is 2.57. The molecule has 0 saturated carbocycles. The van der Waals surface area contributed by atoms with Crippen LogP contribution in [0.25, 0.3) is 5.57 Å². The minimum absolute atomic E-state index is 0.143. The van der Waals surface area contributed by atoms with Crippen molar-refractivity contribution in [3.8, 4) is 0 Å². The lowest BCUT2D eigenvalue weighted by atomic mass is 9.96. The standard InChI is InChI=1S/C11H13F2N3/c1-7-6-9(14)16-10(15-7)8-2-4-11(12,13)5-3-8/h2,6H,3-5H2,1H3,(H2,14,15,16). The first-order valence-corrected chi connectivity index (χ1v) is 5.15. The lowest BCUT2D eigenvalue weighted by Gasteiger charge is -2.20. The van der Waals surface area contributed by atoms with E-state index in [1.54, 1.807) is 13.0 Å². The van der Waals surface area contributed by atoms with Gasteiger partial charge >= 0.3 is 0 Å². The van der Waals surface area contributed by atoms with E-state index in [0.717, 1.165) is 11.3 Å². The Bertz CT molecular complexity index is 421. The summed E-state index contributed by atoms with van der Waals surface area (Å²) in [5, 5.41) is 0. The van der Waals surface area contributed by atoms with Gasteiger partial charge in [-0.1, -0.05) is 6.08 Å². The SMILES string of the molecule is Cc1cc(N)nc(C2=CCC(F)(F)CC2)n1. The molecule has 0 bridgehead atoms. The molecule has 2 N–H and O–H groups in total. The number of anilines is 1. The largest absolute Gasteiger partial charge is 0.384 e. The molecule has 16 heavy (non-hydrogen) atoms. The van der Waals surface area contributed by atoms with Crippen LogP contribution in [0.2, 0.25) is 0 Å². The van der Waals surface area contributed by atoms with Crippen LogP contribution in [-0.2, 0) is 0 Å². The van der Waals surface area contributed by atoms with E-state index in [2.05, 4.69) is 9.97 Å². The molecule has 1 heterocycles. The summed E-state index contributed by atoms with van der Waals surface area (Å²) >= 11 is 0. The molecule has 1 aliphatic carbocycles. The summed E-state index contributed by atoms with van der Waals surface area (Å²) in [7, 11) is 0. The molecule has 0 fully saturated rings. The van der Waals surface area contributed by atoms with Crippen molar-refractivity contribution < 1.29 is 8.78 Å². The summed E-state index contributed by atoms with van der Waals surface area (Å²) in [4.78, 5) is 8.26. The number of allylic oxidation sites excluding steroid dienone is 2. The number of halogens is 2. The number of hydrogen-bond acceptors (Lipinski definition) is 3. The van der Waals surface area contributed by atoms with Gasteiger partial charge in [-0.05, 0) is 18.9 Å². The summed E-state index contributed by atoms with van der Waals surface area (Å²) in [5.74, 6) is -1.73. The zero-order chi connectivity index (χ0) is 11.8. The van der Waals surface area contributed by atoms with Crippen LogP contribution >= 0.6 is 0 Å². The lowest BCUT2D eigenvalue weighted by Crippen LogP contribution is -2.18. The number of aromatic nitrogens is 2. The molecular weight excluding hydrogens is 212 g/mol. The minimum atomic E-state index is -2.58. The van der Waals surface area contributed by atoms with E-state index in [-0.39, 0.29) is 12.8 Å². The van der Waals surface area contributed by atoms with Gasteiger partial charge in [0.25, 0.3) is 5.92 Å². The molecule has 0 radical (unpaired) electrons. The van der Waals surface area contributed by atoms with Crippen LogP contribution < -0.4 is 5.73 Å². The van der Waals surface area contributed by atoms with Crippen molar-refractivity contribution >= 4 is 11.4 Å². The second-order valence-electron chi connectivity index (χ2n) is 4.05. The molecule has 1 aliphatic rings. The van der Waals surface area contributed by atoms with Gasteiger partial charge in [0.2, 0.25) is 0 Å². The van der Waals surface area contributed by atoms with E-state index in [1.165, 1.54) is 6.08 Å². The molecule has 1 aromatic heterocycles. The molecule has 5 heteroatoms. The topological polar surface area (TPSA) is 51.8 Å². The fourth-order valence-corrected chi connectivity index (χ4v) is 1.73. The Labute approximate surface area is 92.4 Å². The quantitative estimate of drug-likeness (QED) is 0.799. The van der Waals surface area contributed by atoms with Gasteiger partial charge in [-0.25, -0.2) is 18.7 Å². The Balaban J connectivity index is 2.29. The molecule has 2 rings (SSSR count). The van der Waals surface area contributed by atoms with Gasteiger partial charge < -0.3 is 5.73 Å². The van der Waals surface area contributed by atoms with Crippen LogP contribution in [0.1, 0.15) is 30.8 Å². The number of rotatable bonds is 1. The maximum Gasteiger partial charge on any atom is 0.251 e. The number of hydrogen-bond donors (Lipinski definition) is 1. The summed E-state index contributed by atoms with van der Waals surface area (Å²) in [6.45, 7) is 1.81. The van der Waals surface area contributed by atoms with Gasteiger partial charge in [-0.15, -0.1) is 0 Å². The van der Waals surface area contributed by atoms with Crippen molar-refractivity contribution in [2.75, 3.05) is 5.73 Å². The Hall–Kier alpha value is -1.52. The molecule has 0 atom stereocenters. The number of alkyl halides is 2. The minimum Gasteiger partial charge on any atom is -0.384 e. The van der Waals surface area contributed by atoms with E-state index in [1.807, 2.05) is 0 Å². The van der Waals surface area contributed by atoms with Crippen molar-refractivity contribution in [1.82, 2.24) is 9.97 Å². The molecule has 3 nitrogen and oxygen atoms in total. The molecule has 0 amide bonds. The lowest BCUT2D eigenvalue weighted by molar-refractivity contribution is -0.00608. The van der Waals surface area contributed by atoms with E-state index >= 15 is 0 Å². The van der Waals surface area contributed by atoms with Crippen molar-refractivity contribution in [1.29, 1.82) is 0 Å². The van der Waals surface area contributed by atoms with E-state index in [9.17, 15) is 8.78 Å². The van der Waals surface area contributed by atoms with Crippen LogP contribution in [0.4, 0.5) is 14.6 Å². The Morgan fingerprint density at radius 1 is 1.38 bits per heavy atom. The molecule has 0 aromatic carbocycles. The Morgan fingerprint density at radius 3 is 2.69 bits per heavy atom. The average Bonchev–Trinajstić information content (AvgIpc) is 2.15. The van der Waals surface area contributed by atoms with Gasteiger partial charge in [0.1, 0.15) is 5.82 Å². The predicted molar refractivity (Wildman–Crippen MR) is 58.0 cm³/mol. The van der Waals surface area contributed by atoms with Crippen LogP contribution in [0.15, 0.2) is 12.1 Å². The second-order valence-corrected chi connectivity index (χ2v) is 4.05. The van der Waals surface area contributed by atoms with Crippen molar-refractivity contribution in [3.05, 3.63) is 23.7 Å². The fraction of sp³-hybridized carbons (Fsp3) is 0.455. The highest BCUT2D eigenvalue weighted by atomic mass is 19.3. The van der Waals surface area contributed by atoms with Crippen molar-refractivity contribution in [2.24, 2.45) is 0 Å². The second kappa shape index (κ2) is 3.81. The molecule has 0 unspecified atom stereocenters. The maximum absolute atomic E-state index is 12.9. The third kappa shape index (κ3) is 2.35. The number of nitrogens with two attached hydrogens (primary N) is 1. The van der Waals surface area contributed by atoms with E-state index in [4.69, 9.17) is 5.73 Å². The van der Waals surface area contributed by atoms with Crippen molar-refractivity contribution in [3.63, 3.8) is 0 Å². The van der Waals surface area contributed by atoms with Crippen LogP contribution in [-0.4, -0.2) is 15.9 Å². The zero-order valence-corrected chi connectivity index (χ0v) is 9.00. The zero-order valence-electron chi connectivity index (χ0n) is 9.00. The maximum atomic E-state index is 12.9. The molecule has 0 saturated heterocycles. The highest BCUT2D eigenvalue weighted by Gasteiger charge is 2.31. The monoisotopic (exact) mass is 225 g/mol. The van der Waals surface area contributed by atoms with Gasteiger partial charge in [-0.2, -0.15) is 0 Å². The molecular formula is C11H13F2N3. The van der Waals surface area contributed by atoms with E-state index in [0.29, 0.717) is 18.1 Å². The number of nitrogens with zero attached hydrogens (tertiary/aromatic N) is 2. The summed E-state index contributed by atoms with van der Waals surface area (Å²) in [6.07, 6.45) is 1.43. The fourth-order valence-electron chi connectivity index (χ4n) is 1.73. The molecule has 86 valence electrons. The van der Waals surface area contributed by atoms with Gasteiger partial charge in [0.15, 0.2) is 5.82 Å². The first-order valence-electron chi connectivity index (χ1n) is 5.15. The van der Waals surface area contributed by atoms with Crippen molar-refractivity contribution in [2.45, 2.75) is 32.1 Å². The summed E-state index contributed by atoms with van der Waals surface area (Å²) < 4.78 is 25.9. The smallest absolute Gasteiger partial charge is 0.251 e. The predicted octanol–water partition coefficient (Wildman–Crippen LogP) is 2.57.